The average Bonchev–Trinajstić information content (AvgIpc) is 2.38. The highest BCUT2D eigenvalue weighted by Gasteiger charge is 2.05. The number of benzene rings is 2. The number of halogens is 1. The highest BCUT2D eigenvalue weighted by Crippen LogP contribution is 2.19. The molecule has 0 spiro atoms. The second kappa shape index (κ2) is 5.85. The van der Waals surface area contributed by atoms with Crippen molar-refractivity contribution in [2.24, 2.45) is 5.73 Å². The van der Waals surface area contributed by atoms with Crippen LogP contribution >= 0.6 is 23.8 Å². The van der Waals surface area contributed by atoms with Crippen LogP contribution in [0.15, 0.2) is 48.5 Å². The van der Waals surface area contributed by atoms with Gasteiger partial charge in [-0.05, 0) is 29.8 Å². The maximum Gasteiger partial charge on any atom is 0.129 e. The first-order chi connectivity index (χ1) is 8.66. The fourth-order valence-electron chi connectivity index (χ4n) is 1.54. The van der Waals surface area contributed by atoms with Gasteiger partial charge in [0.1, 0.15) is 17.3 Å². The summed E-state index contributed by atoms with van der Waals surface area (Å²) < 4.78 is 5.71. The van der Waals surface area contributed by atoms with Gasteiger partial charge < -0.3 is 10.5 Å². The molecule has 4 heteroatoms. The summed E-state index contributed by atoms with van der Waals surface area (Å²) in [4.78, 5) is 0.335. The van der Waals surface area contributed by atoms with E-state index in [1.54, 1.807) is 0 Å². The van der Waals surface area contributed by atoms with Crippen LogP contribution in [0.25, 0.3) is 0 Å². The van der Waals surface area contributed by atoms with E-state index in [0.29, 0.717) is 22.4 Å². The second-order valence-electron chi connectivity index (χ2n) is 3.78. The number of para-hydroxylation sites is 1. The summed E-state index contributed by atoms with van der Waals surface area (Å²) in [6, 6.07) is 15.0. The summed E-state index contributed by atoms with van der Waals surface area (Å²) in [5.41, 5.74) is 7.43. The third-order valence-electron chi connectivity index (χ3n) is 2.46. The number of hydrogen-bond acceptors (Lipinski definition) is 2. The highest BCUT2D eigenvalue weighted by molar-refractivity contribution is 7.80. The number of nitrogens with two attached hydrogens (primary N) is 1. The molecule has 0 aliphatic carbocycles. The van der Waals surface area contributed by atoms with Gasteiger partial charge in [-0.2, -0.15) is 0 Å². The van der Waals surface area contributed by atoms with Crippen LogP contribution in [0, 0.1) is 0 Å². The predicted octanol–water partition coefficient (Wildman–Crippen LogP) is 3.55. The molecule has 0 amide bonds. The first-order valence-electron chi connectivity index (χ1n) is 5.43. The minimum absolute atomic E-state index is 0.335. The Labute approximate surface area is 116 Å². The zero-order valence-corrected chi connectivity index (χ0v) is 11.2. The van der Waals surface area contributed by atoms with Crippen molar-refractivity contribution in [1.82, 2.24) is 0 Å². The highest BCUT2D eigenvalue weighted by atomic mass is 35.5. The Hall–Kier alpha value is -1.58. The van der Waals surface area contributed by atoms with Crippen LogP contribution in [0.3, 0.4) is 0 Å². The molecule has 0 saturated heterocycles. The third kappa shape index (κ3) is 3.22. The van der Waals surface area contributed by atoms with E-state index < -0.39 is 0 Å². The molecule has 0 fully saturated rings. The monoisotopic (exact) mass is 277 g/mol. The van der Waals surface area contributed by atoms with Crippen LogP contribution in [0.4, 0.5) is 0 Å². The fraction of sp³-hybridized carbons (Fsp3) is 0.0714. The Morgan fingerprint density at radius 3 is 2.44 bits per heavy atom. The summed E-state index contributed by atoms with van der Waals surface area (Å²) in [6.45, 7) is 0.455. The molecule has 2 aromatic carbocycles. The van der Waals surface area contributed by atoms with Gasteiger partial charge in [0, 0.05) is 5.02 Å². The molecule has 0 aliphatic rings. The van der Waals surface area contributed by atoms with Crippen molar-refractivity contribution >= 4 is 28.8 Å². The van der Waals surface area contributed by atoms with Crippen molar-refractivity contribution in [3.8, 4) is 5.75 Å². The minimum Gasteiger partial charge on any atom is -0.488 e. The largest absolute Gasteiger partial charge is 0.488 e. The Kier molecular flexibility index (Phi) is 4.18. The average molecular weight is 278 g/mol. The molecule has 2 rings (SSSR count). The van der Waals surface area contributed by atoms with Crippen LogP contribution in [-0.2, 0) is 6.61 Å². The van der Waals surface area contributed by atoms with Gasteiger partial charge in [-0.1, -0.05) is 48.1 Å². The fourth-order valence-corrected chi connectivity index (χ4v) is 1.83. The summed E-state index contributed by atoms with van der Waals surface area (Å²) in [6.07, 6.45) is 0. The summed E-state index contributed by atoms with van der Waals surface area (Å²) >= 11 is 10.8. The summed E-state index contributed by atoms with van der Waals surface area (Å²) in [7, 11) is 0. The van der Waals surface area contributed by atoms with Crippen molar-refractivity contribution < 1.29 is 4.74 Å². The molecule has 2 N–H and O–H groups in total. The van der Waals surface area contributed by atoms with Gasteiger partial charge in [-0.3, -0.25) is 0 Å². The van der Waals surface area contributed by atoms with Gasteiger partial charge in [0.2, 0.25) is 0 Å². The van der Waals surface area contributed by atoms with E-state index in [0.717, 1.165) is 11.1 Å². The Bertz CT molecular complexity index is 554. The van der Waals surface area contributed by atoms with E-state index >= 15 is 0 Å². The SMILES string of the molecule is NC(=S)c1ccccc1OCc1ccc(Cl)cc1. The standard InChI is InChI=1S/C14H12ClNOS/c15-11-7-5-10(6-8-11)9-17-13-4-2-1-3-12(13)14(16)18/h1-8H,9H2,(H2,16,18). The predicted molar refractivity (Wildman–Crippen MR) is 78.1 cm³/mol. The lowest BCUT2D eigenvalue weighted by Gasteiger charge is -2.10. The lowest BCUT2D eigenvalue weighted by molar-refractivity contribution is 0.305. The third-order valence-corrected chi connectivity index (χ3v) is 2.93. The summed E-state index contributed by atoms with van der Waals surface area (Å²) in [5, 5.41) is 0.710. The molecule has 0 atom stereocenters. The molecule has 0 aliphatic heterocycles. The lowest BCUT2D eigenvalue weighted by atomic mass is 10.2. The zero-order valence-electron chi connectivity index (χ0n) is 9.60. The topological polar surface area (TPSA) is 35.2 Å². The van der Waals surface area contributed by atoms with Crippen LogP contribution in [0.5, 0.6) is 5.75 Å². The number of thiocarbonyl (C=S) groups is 1. The number of hydrogen-bond donors (Lipinski definition) is 1. The van der Waals surface area contributed by atoms with Crippen LogP contribution < -0.4 is 10.5 Å². The second-order valence-corrected chi connectivity index (χ2v) is 4.65. The van der Waals surface area contributed by atoms with Gasteiger partial charge in [-0.25, -0.2) is 0 Å². The molecule has 0 bridgehead atoms. The van der Waals surface area contributed by atoms with Crippen molar-refractivity contribution in [3.63, 3.8) is 0 Å². The summed E-state index contributed by atoms with van der Waals surface area (Å²) in [5.74, 6) is 0.694. The molecule has 0 unspecified atom stereocenters. The maximum atomic E-state index is 5.82. The van der Waals surface area contributed by atoms with Gasteiger partial charge in [-0.15, -0.1) is 0 Å². The molecule has 0 aromatic heterocycles. The van der Waals surface area contributed by atoms with E-state index in [9.17, 15) is 0 Å². The lowest BCUT2D eigenvalue weighted by Crippen LogP contribution is -2.11. The smallest absolute Gasteiger partial charge is 0.129 e. The van der Waals surface area contributed by atoms with E-state index in [2.05, 4.69) is 0 Å². The quantitative estimate of drug-likeness (QED) is 0.868. The molecule has 0 heterocycles. The molecule has 2 aromatic rings. The molecule has 0 saturated carbocycles. The molecule has 0 radical (unpaired) electrons. The zero-order chi connectivity index (χ0) is 13.0. The van der Waals surface area contributed by atoms with Gasteiger partial charge in [0.25, 0.3) is 0 Å². The van der Waals surface area contributed by atoms with Crippen LogP contribution in [0.2, 0.25) is 5.02 Å². The maximum absolute atomic E-state index is 5.82. The van der Waals surface area contributed by atoms with E-state index in [-0.39, 0.29) is 0 Å². The molecule has 18 heavy (non-hydrogen) atoms. The minimum atomic E-state index is 0.335. The molecule has 92 valence electrons. The van der Waals surface area contributed by atoms with E-state index in [1.807, 2.05) is 48.5 Å². The first-order valence-corrected chi connectivity index (χ1v) is 6.21. The number of rotatable bonds is 4. The van der Waals surface area contributed by atoms with Crippen molar-refractivity contribution in [1.29, 1.82) is 0 Å². The Balaban J connectivity index is 2.10. The van der Waals surface area contributed by atoms with Crippen molar-refractivity contribution in [2.75, 3.05) is 0 Å². The number of ether oxygens (including phenoxy) is 1. The van der Waals surface area contributed by atoms with Crippen LogP contribution in [0.1, 0.15) is 11.1 Å². The van der Waals surface area contributed by atoms with Gasteiger partial charge in [0.05, 0.1) is 5.56 Å². The normalized spacial score (nSPS) is 10.1. The molecular formula is C14H12ClNOS. The van der Waals surface area contributed by atoms with Gasteiger partial charge in [0.15, 0.2) is 0 Å². The van der Waals surface area contributed by atoms with E-state index in [4.69, 9.17) is 34.3 Å². The molecule has 2 nitrogen and oxygen atoms in total. The van der Waals surface area contributed by atoms with Gasteiger partial charge >= 0.3 is 0 Å². The first kappa shape index (κ1) is 12.9. The molecular weight excluding hydrogens is 266 g/mol. The van der Waals surface area contributed by atoms with E-state index in [1.165, 1.54) is 0 Å². The van der Waals surface area contributed by atoms with Crippen LogP contribution in [-0.4, -0.2) is 4.99 Å². The Morgan fingerprint density at radius 2 is 1.78 bits per heavy atom. The van der Waals surface area contributed by atoms with Crippen molar-refractivity contribution in [3.05, 3.63) is 64.7 Å². The Morgan fingerprint density at radius 1 is 1.11 bits per heavy atom. The van der Waals surface area contributed by atoms with Crippen molar-refractivity contribution in [2.45, 2.75) is 6.61 Å².